The lowest BCUT2D eigenvalue weighted by Gasteiger charge is -2.05. The number of fused-ring (bicyclic) bond motifs is 1. The summed E-state index contributed by atoms with van der Waals surface area (Å²) in [5.74, 6) is 1.67. The van der Waals surface area contributed by atoms with Crippen molar-refractivity contribution >= 4 is 28.3 Å². The third kappa shape index (κ3) is 2.86. The molecule has 84 valence electrons. The summed E-state index contributed by atoms with van der Waals surface area (Å²) in [6.07, 6.45) is 2.13. The molecule has 3 heteroatoms. The third-order valence-corrected chi connectivity index (χ3v) is 2.73. The molecule has 0 radical (unpaired) electrons. The summed E-state index contributed by atoms with van der Waals surface area (Å²) in [4.78, 5) is 4.53. The standard InChI is InChI=1S/C13H15ClN2/c14-9-3-4-10-15-13-8-7-11-5-1-2-6-12(11)16-13/h1-2,5-8H,3-4,9-10H2,(H,15,16). The van der Waals surface area contributed by atoms with Crippen LogP contribution in [0.2, 0.25) is 0 Å². The maximum absolute atomic E-state index is 5.62. The van der Waals surface area contributed by atoms with Gasteiger partial charge in [0.15, 0.2) is 0 Å². The number of unbranched alkanes of at least 4 members (excludes halogenated alkanes) is 1. The molecule has 16 heavy (non-hydrogen) atoms. The number of rotatable bonds is 5. The van der Waals surface area contributed by atoms with Gasteiger partial charge in [-0.1, -0.05) is 18.2 Å². The van der Waals surface area contributed by atoms with E-state index >= 15 is 0 Å². The first-order valence-corrected chi connectivity index (χ1v) is 6.09. The number of hydrogen-bond acceptors (Lipinski definition) is 2. The van der Waals surface area contributed by atoms with Crippen molar-refractivity contribution in [2.24, 2.45) is 0 Å². The average molecular weight is 235 g/mol. The number of hydrogen-bond donors (Lipinski definition) is 1. The molecule has 0 bridgehead atoms. The quantitative estimate of drug-likeness (QED) is 0.631. The fourth-order valence-corrected chi connectivity index (χ4v) is 1.79. The molecule has 0 saturated carbocycles. The zero-order valence-corrected chi connectivity index (χ0v) is 9.87. The summed E-state index contributed by atoms with van der Waals surface area (Å²) in [6.45, 7) is 0.929. The Morgan fingerprint density at radius 2 is 1.94 bits per heavy atom. The van der Waals surface area contributed by atoms with Gasteiger partial charge in [0.25, 0.3) is 0 Å². The number of benzene rings is 1. The summed E-state index contributed by atoms with van der Waals surface area (Å²) in [6, 6.07) is 12.2. The zero-order valence-electron chi connectivity index (χ0n) is 9.12. The highest BCUT2D eigenvalue weighted by Gasteiger charge is 1.96. The number of anilines is 1. The predicted molar refractivity (Wildman–Crippen MR) is 70.2 cm³/mol. The van der Waals surface area contributed by atoms with Crippen LogP contribution in [0.4, 0.5) is 5.82 Å². The SMILES string of the molecule is ClCCCCNc1ccc2ccccc2n1. The van der Waals surface area contributed by atoms with Crippen molar-refractivity contribution in [3.8, 4) is 0 Å². The molecule has 0 atom stereocenters. The zero-order chi connectivity index (χ0) is 11.2. The lowest BCUT2D eigenvalue weighted by molar-refractivity contribution is 0.837. The summed E-state index contributed by atoms with van der Waals surface area (Å²) < 4.78 is 0. The highest BCUT2D eigenvalue weighted by Crippen LogP contribution is 2.14. The Balaban J connectivity index is 2.02. The predicted octanol–water partition coefficient (Wildman–Crippen LogP) is 3.67. The second kappa shape index (κ2) is 5.71. The fraction of sp³-hybridized carbons (Fsp3) is 0.308. The number of alkyl halides is 1. The molecule has 0 unspecified atom stereocenters. The van der Waals surface area contributed by atoms with E-state index in [-0.39, 0.29) is 0 Å². The van der Waals surface area contributed by atoms with Crippen molar-refractivity contribution in [2.75, 3.05) is 17.7 Å². The van der Waals surface area contributed by atoms with E-state index in [1.165, 1.54) is 5.39 Å². The van der Waals surface area contributed by atoms with E-state index in [9.17, 15) is 0 Å². The summed E-state index contributed by atoms with van der Waals surface area (Å²) >= 11 is 5.62. The first kappa shape index (κ1) is 11.2. The Kier molecular flexibility index (Phi) is 4.00. The van der Waals surface area contributed by atoms with E-state index in [4.69, 9.17) is 11.6 Å². The first-order chi connectivity index (χ1) is 7.90. The lowest BCUT2D eigenvalue weighted by atomic mass is 10.2. The van der Waals surface area contributed by atoms with E-state index < -0.39 is 0 Å². The molecule has 1 aromatic carbocycles. The highest BCUT2D eigenvalue weighted by molar-refractivity contribution is 6.17. The molecule has 1 heterocycles. The van der Waals surface area contributed by atoms with Crippen molar-refractivity contribution in [2.45, 2.75) is 12.8 Å². The number of nitrogens with zero attached hydrogens (tertiary/aromatic N) is 1. The molecule has 0 aliphatic carbocycles. The second-order valence-electron chi connectivity index (χ2n) is 3.71. The Morgan fingerprint density at radius 1 is 1.06 bits per heavy atom. The molecule has 1 aromatic heterocycles. The van der Waals surface area contributed by atoms with Crippen LogP contribution in [-0.2, 0) is 0 Å². The lowest BCUT2D eigenvalue weighted by Crippen LogP contribution is -2.03. The number of aromatic nitrogens is 1. The first-order valence-electron chi connectivity index (χ1n) is 5.56. The van der Waals surface area contributed by atoms with Crippen molar-refractivity contribution < 1.29 is 0 Å². The maximum Gasteiger partial charge on any atom is 0.126 e. The van der Waals surface area contributed by atoms with Crippen LogP contribution in [0.5, 0.6) is 0 Å². The van der Waals surface area contributed by atoms with Gasteiger partial charge in [-0.25, -0.2) is 4.98 Å². The molecule has 2 aromatic rings. The Labute approximate surface area is 101 Å². The van der Waals surface area contributed by atoms with Crippen LogP contribution >= 0.6 is 11.6 Å². The van der Waals surface area contributed by atoms with Gasteiger partial charge in [0.2, 0.25) is 0 Å². The summed E-state index contributed by atoms with van der Waals surface area (Å²) in [5, 5.41) is 4.48. The van der Waals surface area contributed by atoms with Gasteiger partial charge >= 0.3 is 0 Å². The minimum atomic E-state index is 0.729. The van der Waals surface area contributed by atoms with Crippen molar-refractivity contribution in [1.29, 1.82) is 0 Å². The molecule has 2 nitrogen and oxygen atoms in total. The smallest absolute Gasteiger partial charge is 0.126 e. The van der Waals surface area contributed by atoms with Crippen molar-refractivity contribution in [3.63, 3.8) is 0 Å². The number of pyridine rings is 1. The van der Waals surface area contributed by atoms with E-state index in [1.807, 2.05) is 24.3 Å². The van der Waals surface area contributed by atoms with Gasteiger partial charge < -0.3 is 5.32 Å². The molecule has 0 saturated heterocycles. The Hall–Kier alpha value is -1.28. The molecular formula is C13H15ClN2. The van der Waals surface area contributed by atoms with Gasteiger partial charge in [0.05, 0.1) is 5.52 Å². The summed E-state index contributed by atoms with van der Waals surface area (Å²) in [7, 11) is 0. The van der Waals surface area contributed by atoms with Gasteiger partial charge in [-0.3, -0.25) is 0 Å². The highest BCUT2D eigenvalue weighted by atomic mass is 35.5. The molecule has 0 fully saturated rings. The van der Waals surface area contributed by atoms with Crippen molar-refractivity contribution in [3.05, 3.63) is 36.4 Å². The van der Waals surface area contributed by atoms with Crippen LogP contribution in [0.3, 0.4) is 0 Å². The van der Waals surface area contributed by atoms with Crippen LogP contribution in [-0.4, -0.2) is 17.4 Å². The van der Waals surface area contributed by atoms with Gasteiger partial charge in [-0.15, -0.1) is 11.6 Å². The van der Waals surface area contributed by atoms with Gasteiger partial charge in [0, 0.05) is 17.8 Å². The maximum atomic E-state index is 5.62. The normalized spacial score (nSPS) is 10.6. The fourth-order valence-electron chi connectivity index (χ4n) is 1.60. The molecule has 1 N–H and O–H groups in total. The molecule has 0 spiro atoms. The molecule has 0 aliphatic heterocycles. The number of para-hydroxylation sites is 1. The van der Waals surface area contributed by atoms with Gasteiger partial charge in [0.1, 0.15) is 5.82 Å². The molecular weight excluding hydrogens is 220 g/mol. The topological polar surface area (TPSA) is 24.9 Å². The number of nitrogens with one attached hydrogen (secondary N) is 1. The minimum Gasteiger partial charge on any atom is -0.370 e. The van der Waals surface area contributed by atoms with E-state index in [2.05, 4.69) is 22.4 Å². The van der Waals surface area contributed by atoms with Crippen molar-refractivity contribution in [1.82, 2.24) is 4.98 Å². The van der Waals surface area contributed by atoms with Crippen LogP contribution in [0.15, 0.2) is 36.4 Å². The molecule has 2 rings (SSSR count). The number of halogens is 1. The minimum absolute atomic E-state index is 0.729. The second-order valence-corrected chi connectivity index (χ2v) is 4.09. The Bertz CT molecular complexity index is 456. The van der Waals surface area contributed by atoms with Crippen LogP contribution in [0, 0.1) is 0 Å². The molecule has 0 aliphatic rings. The molecule has 0 amide bonds. The van der Waals surface area contributed by atoms with Crippen LogP contribution in [0.25, 0.3) is 10.9 Å². The van der Waals surface area contributed by atoms with Crippen LogP contribution in [0.1, 0.15) is 12.8 Å². The monoisotopic (exact) mass is 234 g/mol. The van der Waals surface area contributed by atoms with E-state index in [0.717, 1.165) is 36.6 Å². The van der Waals surface area contributed by atoms with Crippen LogP contribution < -0.4 is 5.32 Å². The third-order valence-electron chi connectivity index (χ3n) is 2.46. The van der Waals surface area contributed by atoms with Gasteiger partial charge in [-0.2, -0.15) is 0 Å². The average Bonchev–Trinajstić information content (AvgIpc) is 2.34. The van der Waals surface area contributed by atoms with Gasteiger partial charge in [-0.05, 0) is 31.0 Å². The summed E-state index contributed by atoms with van der Waals surface area (Å²) in [5.41, 5.74) is 1.03. The van der Waals surface area contributed by atoms with E-state index in [0.29, 0.717) is 0 Å². The Morgan fingerprint density at radius 3 is 2.81 bits per heavy atom. The largest absolute Gasteiger partial charge is 0.370 e. The van der Waals surface area contributed by atoms with E-state index in [1.54, 1.807) is 0 Å².